The lowest BCUT2D eigenvalue weighted by molar-refractivity contribution is 0.0844. The summed E-state index contributed by atoms with van der Waals surface area (Å²) in [6, 6.07) is 0.116. The Morgan fingerprint density at radius 1 is 1.52 bits per heavy atom. The number of hydrogen-bond acceptors (Lipinski definition) is 6. The summed E-state index contributed by atoms with van der Waals surface area (Å²) in [7, 11) is 0. The molecule has 0 saturated carbocycles. The van der Waals surface area contributed by atoms with Crippen LogP contribution >= 0.6 is 11.3 Å². The maximum absolute atomic E-state index is 12.3. The standard InChI is InChI=1S/C14H22N4O2S/c1-7(2)6-16-14-18-12(15)11(21-14)13(19)17-9-5-8-3-4-10(9)20-8/h7-10H,3-6,15H2,1-2H3,(H,16,18)(H,17,19). The third kappa shape index (κ3) is 3.13. The molecule has 1 aromatic rings. The number of anilines is 2. The molecule has 0 aromatic carbocycles. The van der Waals surface area contributed by atoms with E-state index in [0.29, 0.717) is 27.8 Å². The van der Waals surface area contributed by atoms with Crippen LogP contribution in [0.1, 0.15) is 42.8 Å². The fraction of sp³-hybridized carbons (Fsp3) is 0.714. The van der Waals surface area contributed by atoms with Crippen LogP contribution in [-0.2, 0) is 4.74 Å². The van der Waals surface area contributed by atoms with Gasteiger partial charge < -0.3 is 21.1 Å². The molecule has 4 N–H and O–H groups in total. The van der Waals surface area contributed by atoms with Gasteiger partial charge in [0.25, 0.3) is 5.91 Å². The number of nitrogen functional groups attached to an aromatic ring is 1. The SMILES string of the molecule is CC(C)CNc1nc(N)c(C(=O)NC2CC3CCC2O3)s1. The van der Waals surface area contributed by atoms with Crippen LogP contribution in [-0.4, -0.2) is 35.7 Å². The number of nitrogens with one attached hydrogen (secondary N) is 2. The van der Waals surface area contributed by atoms with Gasteiger partial charge in [-0.3, -0.25) is 4.79 Å². The lowest BCUT2D eigenvalue weighted by atomic mass is 9.95. The van der Waals surface area contributed by atoms with Crippen molar-refractivity contribution in [1.82, 2.24) is 10.3 Å². The van der Waals surface area contributed by atoms with Crippen LogP contribution < -0.4 is 16.4 Å². The monoisotopic (exact) mass is 310 g/mol. The zero-order valence-electron chi connectivity index (χ0n) is 12.4. The number of rotatable bonds is 5. The van der Waals surface area contributed by atoms with E-state index in [2.05, 4.69) is 29.5 Å². The molecule has 7 heteroatoms. The highest BCUT2D eigenvalue weighted by molar-refractivity contribution is 7.18. The van der Waals surface area contributed by atoms with E-state index in [0.717, 1.165) is 25.8 Å². The van der Waals surface area contributed by atoms with Gasteiger partial charge in [0.2, 0.25) is 0 Å². The lowest BCUT2D eigenvalue weighted by Gasteiger charge is -2.19. The second-order valence-corrected chi connectivity index (χ2v) is 7.20. The predicted molar refractivity (Wildman–Crippen MR) is 83.6 cm³/mol. The van der Waals surface area contributed by atoms with Crippen LogP contribution in [0, 0.1) is 5.92 Å². The highest BCUT2D eigenvalue weighted by Crippen LogP contribution is 2.35. The molecule has 3 heterocycles. The summed E-state index contributed by atoms with van der Waals surface area (Å²) in [5.41, 5.74) is 5.87. The van der Waals surface area contributed by atoms with Crippen molar-refractivity contribution in [1.29, 1.82) is 0 Å². The predicted octanol–water partition coefficient (Wildman–Crippen LogP) is 1.84. The fourth-order valence-electron chi connectivity index (χ4n) is 2.89. The first-order valence-electron chi connectivity index (χ1n) is 7.49. The number of amides is 1. The van der Waals surface area contributed by atoms with Gasteiger partial charge in [-0.05, 0) is 25.2 Å². The summed E-state index contributed by atoms with van der Waals surface area (Å²) in [5, 5.41) is 6.95. The molecule has 116 valence electrons. The van der Waals surface area contributed by atoms with Crippen LogP contribution in [0.2, 0.25) is 0 Å². The van der Waals surface area contributed by atoms with E-state index < -0.39 is 0 Å². The van der Waals surface area contributed by atoms with Gasteiger partial charge in [-0.25, -0.2) is 4.98 Å². The minimum absolute atomic E-state index is 0.116. The molecule has 3 rings (SSSR count). The van der Waals surface area contributed by atoms with Crippen molar-refractivity contribution in [2.24, 2.45) is 5.92 Å². The number of nitrogens with zero attached hydrogens (tertiary/aromatic N) is 1. The van der Waals surface area contributed by atoms with Crippen molar-refractivity contribution in [3.05, 3.63) is 4.88 Å². The zero-order valence-corrected chi connectivity index (χ0v) is 13.2. The Morgan fingerprint density at radius 3 is 2.95 bits per heavy atom. The van der Waals surface area contributed by atoms with E-state index >= 15 is 0 Å². The topological polar surface area (TPSA) is 89.3 Å². The highest BCUT2D eigenvalue weighted by atomic mass is 32.1. The second kappa shape index (κ2) is 5.81. The van der Waals surface area contributed by atoms with Gasteiger partial charge >= 0.3 is 0 Å². The largest absolute Gasteiger partial charge is 0.382 e. The van der Waals surface area contributed by atoms with Crippen molar-refractivity contribution < 1.29 is 9.53 Å². The number of carbonyl (C=O) groups is 1. The van der Waals surface area contributed by atoms with Gasteiger partial charge in [0, 0.05) is 6.54 Å². The van der Waals surface area contributed by atoms with E-state index in [1.807, 2.05) is 0 Å². The number of thiazole rings is 1. The summed E-state index contributed by atoms with van der Waals surface area (Å²) >= 11 is 1.31. The molecule has 0 spiro atoms. The Labute approximate surface area is 128 Å². The van der Waals surface area contributed by atoms with Crippen LogP contribution in [0.15, 0.2) is 0 Å². The Morgan fingerprint density at radius 2 is 2.33 bits per heavy atom. The van der Waals surface area contributed by atoms with Gasteiger partial charge in [-0.1, -0.05) is 25.2 Å². The Kier molecular flexibility index (Phi) is 4.03. The highest BCUT2D eigenvalue weighted by Gasteiger charge is 2.41. The van der Waals surface area contributed by atoms with Gasteiger partial charge in [-0.2, -0.15) is 0 Å². The van der Waals surface area contributed by atoms with Crippen molar-refractivity contribution in [3.8, 4) is 0 Å². The van der Waals surface area contributed by atoms with Gasteiger partial charge in [0.1, 0.15) is 10.7 Å². The van der Waals surface area contributed by atoms with Gasteiger partial charge in [0.05, 0.1) is 18.2 Å². The molecule has 2 fully saturated rings. The van der Waals surface area contributed by atoms with E-state index in [9.17, 15) is 4.79 Å². The molecule has 2 bridgehead atoms. The molecule has 1 aromatic heterocycles. The Bertz CT molecular complexity index is 531. The molecule has 3 unspecified atom stereocenters. The Hall–Kier alpha value is -1.34. The van der Waals surface area contributed by atoms with Crippen molar-refractivity contribution in [2.75, 3.05) is 17.6 Å². The summed E-state index contributed by atoms with van der Waals surface area (Å²) in [5.74, 6) is 0.676. The maximum Gasteiger partial charge on any atom is 0.265 e. The van der Waals surface area contributed by atoms with E-state index in [1.165, 1.54) is 11.3 Å². The van der Waals surface area contributed by atoms with Crippen LogP contribution in [0.4, 0.5) is 10.9 Å². The molecule has 0 radical (unpaired) electrons. The molecule has 0 aliphatic carbocycles. The number of ether oxygens (including phenoxy) is 1. The van der Waals surface area contributed by atoms with Gasteiger partial charge in [0.15, 0.2) is 5.13 Å². The first kappa shape index (κ1) is 14.6. The summed E-state index contributed by atoms with van der Waals surface area (Å²) in [6.45, 7) is 5.05. The smallest absolute Gasteiger partial charge is 0.265 e. The Balaban J connectivity index is 1.61. The summed E-state index contributed by atoms with van der Waals surface area (Å²) in [6.07, 6.45) is 3.56. The lowest BCUT2D eigenvalue weighted by Crippen LogP contribution is -2.41. The van der Waals surface area contributed by atoms with Crippen LogP contribution in [0.3, 0.4) is 0 Å². The molecule has 3 atom stereocenters. The van der Waals surface area contributed by atoms with Gasteiger partial charge in [-0.15, -0.1) is 0 Å². The molecule has 6 nitrogen and oxygen atoms in total. The summed E-state index contributed by atoms with van der Waals surface area (Å²) < 4.78 is 5.75. The molecule has 2 saturated heterocycles. The maximum atomic E-state index is 12.3. The van der Waals surface area contributed by atoms with Crippen LogP contribution in [0.25, 0.3) is 0 Å². The quantitative estimate of drug-likeness (QED) is 0.772. The van der Waals surface area contributed by atoms with E-state index in [4.69, 9.17) is 10.5 Å². The minimum Gasteiger partial charge on any atom is -0.382 e. The number of carbonyl (C=O) groups excluding carboxylic acids is 1. The van der Waals surface area contributed by atoms with E-state index in [1.54, 1.807) is 0 Å². The van der Waals surface area contributed by atoms with Crippen molar-refractivity contribution in [2.45, 2.75) is 51.4 Å². The molecule has 1 amide bonds. The third-order valence-electron chi connectivity index (χ3n) is 3.94. The van der Waals surface area contributed by atoms with Crippen molar-refractivity contribution >= 4 is 28.2 Å². The molecular weight excluding hydrogens is 288 g/mol. The number of nitrogens with two attached hydrogens (primary N) is 1. The number of hydrogen-bond donors (Lipinski definition) is 3. The number of aromatic nitrogens is 1. The molecular formula is C14H22N4O2S. The van der Waals surface area contributed by atoms with Crippen LogP contribution in [0.5, 0.6) is 0 Å². The normalized spacial score (nSPS) is 27.3. The first-order chi connectivity index (χ1) is 10.0. The van der Waals surface area contributed by atoms with E-state index in [-0.39, 0.29) is 18.1 Å². The first-order valence-corrected chi connectivity index (χ1v) is 8.31. The molecule has 21 heavy (non-hydrogen) atoms. The third-order valence-corrected chi connectivity index (χ3v) is 4.97. The van der Waals surface area contributed by atoms with Crippen molar-refractivity contribution in [3.63, 3.8) is 0 Å². The average Bonchev–Trinajstić information content (AvgIpc) is 3.11. The molecule has 2 aliphatic heterocycles. The average molecular weight is 310 g/mol. The minimum atomic E-state index is -0.135. The zero-order chi connectivity index (χ0) is 15.0. The summed E-state index contributed by atoms with van der Waals surface area (Å²) in [4.78, 5) is 17.1. The fourth-order valence-corrected chi connectivity index (χ4v) is 3.68. The number of fused-ring (bicyclic) bond motifs is 2. The molecule has 2 aliphatic rings. The second-order valence-electron chi connectivity index (χ2n) is 6.20.